The molecule has 1 fully saturated rings. The summed E-state index contributed by atoms with van der Waals surface area (Å²) in [4.78, 5) is 12.8. The quantitative estimate of drug-likeness (QED) is 0.517. The Balaban J connectivity index is 1.85. The van der Waals surface area contributed by atoms with Crippen LogP contribution in [0.25, 0.3) is 0 Å². The number of hydrazone groups is 1. The molecule has 8 heteroatoms. The second-order valence-electron chi connectivity index (χ2n) is 7.65. The fourth-order valence-corrected chi connectivity index (χ4v) is 4.88. The molecular weight excluding hydrogens is 414 g/mol. The number of amides is 1. The molecule has 3 rings (SSSR count). The molecule has 1 saturated carbocycles. The molecule has 7 nitrogen and oxygen atoms in total. The lowest BCUT2D eigenvalue weighted by Crippen LogP contribution is -2.39. The van der Waals surface area contributed by atoms with E-state index in [0.29, 0.717) is 11.4 Å². The molecule has 2 aromatic rings. The van der Waals surface area contributed by atoms with E-state index in [1.165, 1.54) is 20.0 Å². The van der Waals surface area contributed by atoms with Crippen LogP contribution >= 0.6 is 0 Å². The first kappa shape index (κ1) is 22.8. The number of carbonyl (C=O) groups is 1. The molecule has 0 heterocycles. The second-order valence-corrected chi connectivity index (χ2v) is 9.51. The predicted molar refractivity (Wildman–Crippen MR) is 122 cm³/mol. The van der Waals surface area contributed by atoms with E-state index in [-0.39, 0.29) is 11.4 Å². The Morgan fingerprint density at radius 1 is 1.00 bits per heavy atom. The van der Waals surface area contributed by atoms with Crippen molar-refractivity contribution in [2.75, 3.05) is 18.0 Å². The number of sulfonamides is 1. The fraction of sp³-hybridized carbons (Fsp3) is 0.391. The smallest absolute Gasteiger partial charge is 0.264 e. The van der Waals surface area contributed by atoms with Crippen LogP contribution in [0.2, 0.25) is 0 Å². The Morgan fingerprint density at radius 3 is 2.19 bits per heavy atom. The maximum atomic E-state index is 13.4. The lowest BCUT2D eigenvalue weighted by Gasteiger charge is -2.24. The Hall–Kier alpha value is -2.87. The van der Waals surface area contributed by atoms with Gasteiger partial charge in [-0.05, 0) is 69.0 Å². The number of ether oxygens (including phenoxy) is 1. The van der Waals surface area contributed by atoms with Gasteiger partial charge in [-0.3, -0.25) is 9.10 Å². The van der Waals surface area contributed by atoms with Crippen molar-refractivity contribution in [3.8, 4) is 5.75 Å². The lowest BCUT2D eigenvalue weighted by atomic mass is 10.2. The van der Waals surface area contributed by atoms with E-state index in [1.807, 2.05) is 6.92 Å². The third-order valence-corrected chi connectivity index (χ3v) is 7.06. The molecule has 1 N–H and O–H groups in total. The molecular formula is C23H29N3O4S. The molecule has 0 bridgehead atoms. The van der Waals surface area contributed by atoms with Crippen molar-refractivity contribution in [3.63, 3.8) is 0 Å². The zero-order chi connectivity index (χ0) is 22.3. The van der Waals surface area contributed by atoms with Gasteiger partial charge in [0.15, 0.2) is 0 Å². The van der Waals surface area contributed by atoms with Gasteiger partial charge >= 0.3 is 0 Å². The van der Waals surface area contributed by atoms with Crippen molar-refractivity contribution < 1.29 is 17.9 Å². The van der Waals surface area contributed by atoms with Crippen molar-refractivity contribution in [1.29, 1.82) is 0 Å². The number of methoxy groups -OCH3 is 1. The van der Waals surface area contributed by atoms with E-state index >= 15 is 0 Å². The van der Waals surface area contributed by atoms with E-state index < -0.39 is 15.9 Å². The first-order valence-electron chi connectivity index (χ1n) is 10.5. The van der Waals surface area contributed by atoms with Gasteiger partial charge in [0.2, 0.25) is 0 Å². The van der Waals surface area contributed by atoms with E-state index in [2.05, 4.69) is 10.5 Å². The Bertz CT molecular complexity index is 1010. The van der Waals surface area contributed by atoms with Gasteiger partial charge in [-0.2, -0.15) is 5.10 Å². The van der Waals surface area contributed by atoms with Gasteiger partial charge in [-0.25, -0.2) is 13.8 Å². The van der Waals surface area contributed by atoms with Crippen LogP contribution in [0.1, 0.15) is 44.1 Å². The average molecular weight is 444 g/mol. The normalized spacial score (nSPS) is 14.5. The lowest BCUT2D eigenvalue weighted by molar-refractivity contribution is -0.119. The van der Waals surface area contributed by atoms with Crippen LogP contribution in [0, 0.1) is 6.92 Å². The molecule has 1 aliphatic carbocycles. The van der Waals surface area contributed by atoms with E-state index in [0.717, 1.165) is 41.3 Å². The molecule has 0 saturated heterocycles. The summed E-state index contributed by atoms with van der Waals surface area (Å²) in [5.41, 5.74) is 4.84. The highest BCUT2D eigenvalue weighted by Gasteiger charge is 2.27. The molecule has 31 heavy (non-hydrogen) atoms. The van der Waals surface area contributed by atoms with Crippen LogP contribution in [0.5, 0.6) is 5.75 Å². The largest absolute Gasteiger partial charge is 0.497 e. The van der Waals surface area contributed by atoms with Crippen molar-refractivity contribution in [2.45, 2.75) is 50.3 Å². The number of aryl methyl sites for hydroxylation is 1. The van der Waals surface area contributed by atoms with Gasteiger partial charge < -0.3 is 4.74 Å². The molecule has 0 spiro atoms. The summed E-state index contributed by atoms with van der Waals surface area (Å²) >= 11 is 0. The summed E-state index contributed by atoms with van der Waals surface area (Å²) in [5.74, 6) is 0.115. The van der Waals surface area contributed by atoms with Crippen LogP contribution in [-0.4, -0.2) is 33.7 Å². The molecule has 0 radical (unpaired) electrons. The number of carbonyl (C=O) groups excluding carboxylic acids is 1. The van der Waals surface area contributed by atoms with Crippen molar-refractivity contribution in [2.24, 2.45) is 5.10 Å². The Labute approximate surface area is 184 Å². The van der Waals surface area contributed by atoms with E-state index in [9.17, 15) is 13.2 Å². The molecule has 1 aliphatic rings. The SMILES string of the molecule is COc1ccc(N(CC(=O)NN=C2CCCCCC2)S(=O)(=O)c2ccc(C)cc2)cc1. The van der Waals surface area contributed by atoms with Crippen molar-refractivity contribution in [1.82, 2.24) is 5.43 Å². The minimum atomic E-state index is -3.95. The third kappa shape index (κ3) is 6.07. The number of nitrogens with one attached hydrogen (secondary N) is 1. The minimum Gasteiger partial charge on any atom is -0.497 e. The molecule has 166 valence electrons. The van der Waals surface area contributed by atoms with Crippen molar-refractivity contribution >= 4 is 27.3 Å². The molecule has 0 unspecified atom stereocenters. The number of benzene rings is 2. The predicted octanol–water partition coefficient (Wildman–Crippen LogP) is 4.03. The highest BCUT2D eigenvalue weighted by atomic mass is 32.2. The fourth-order valence-electron chi connectivity index (χ4n) is 3.46. The van der Waals surface area contributed by atoms with Gasteiger partial charge in [0.1, 0.15) is 12.3 Å². The average Bonchev–Trinajstić information content (AvgIpc) is 3.05. The van der Waals surface area contributed by atoms with E-state index in [1.54, 1.807) is 48.5 Å². The highest BCUT2D eigenvalue weighted by molar-refractivity contribution is 7.92. The Kier molecular flexibility index (Phi) is 7.68. The number of nitrogens with zero attached hydrogens (tertiary/aromatic N) is 2. The summed E-state index contributed by atoms with van der Waals surface area (Å²) in [6.45, 7) is 1.51. The van der Waals surface area contributed by atoms with E-state index in [4.69, 9.17) is 4.74 Å². The monoisotopic (exact) mass is 443 g/mol. The Morgan fingerprint density at radius 2 is 1.61 bits per heavy atom. The summed E-state index contributed by atoms with van der Waals surface area (Å²) in [7, 11) is -2.41. The number of anilines is 1. The van der Waals surface area contributed by atoms with Gasteiger partial charge in [0.05, 0.1) is 17.7 Å². The maximum Gasteiger partial charge on any atom is 0.264 e. The highest BCUT2D eigenvalue weighted by Crippen LogP contribution is 2.26. The summed E-state index contributed by atoms with van der Waals surface area (Å²) in [6.07, 6.45) is 6.21. The number of rotatable bonds is 7. The molecule has 0 atom stereocenters. The standard InChI is InChI=1S/C23H29N3O4S/c1-18-9-15-22(16-10-18)31(28,29)26(20-11-13-21(30-2)14-12-20)17-23(27)25-24-19-7-5-3-4-6-8-19/h9-16H,3-8,17H2,1-2H3,(H,25,27). The number of hydrogen-bond donors (Lipinski definition) is 1. The third-order valence-electron chi connectivity index (χ3n) is 5.28. The summed E-state index contributed by atoms with van der Waals surface area (Å²) in [6, 6.07) is 13.1. The van der Waals surface area contributed by atoms with Crippen LogP contribution in [0.4, 0.5) is 5.69 Å². The summed E-state index contributed by atoms with van der Waals surface area (Å²) < 4.78 is 33.0. The van der Waals surface area contributed by atoms with Gasteiger partial charge in [-0.1, -0.05) is 30.5 Å². The van der Waals surface area contributed by atoms with Gasteiger partial charge in [0, 0.05) is 5.71 Å². The van der Waals surface area contributed by atoms with Gasteiger partial charge in [-0.15, -0.1) is 0 Å². The number of hydrogen-bond acceptors (Lipinski definition) is 5. The zero-order valence-corrected chi connectivity index (χ0v) is 18.8. The topological polar surface area (TPSA) is 88.1 Å². The maximum absolute atomic E-state index is 13.4. The van der Waals surface area contributed by atoms with Crippen LogP contribution < -0.4 is 14.5 Å². The van der Waals surface area contributed by atoms with Crippen LogP contribution in [0.15, 0.2) is 58.5 Å². The van der Waals surface area contributed by atoms with Gasteiger partial charge in [0.25, 0.3) is 15.9 Å². The second kappa shape index (κ2) is 10.4. The van der Waals surface area contributed by atoms with Crippen molar-refractivity contribution in [3.05, 3.63) is 54.1 Å². The molecule has 0 aromatic heterocycles. The first-order valence-corrected chi connectivity index (χ1v) is 11.9. The first-order chi connectivity index (χ1) is 14.9. The minimum absolute atomic E-state index is 0.122. The molecule has 0 aliphatic heterocycles. The molecule has 1 amide bonds. The summed E-state index contributed by atoms with van der Waals surface area (Å²) in [5, 5.41) is 4.26. The molecule has 2 aromatic carbocycles. The zero-order valence-electron chi connectivity index (χ0n) is 18.0. The van der Waals surface area contributed by atoms with Crippen LogP contribution in [-0.2, 0) is 14.8 Å². The van der Waals surface area contributed by atoms with Crippen LogP contribution in [0.3, 0.4) is 0 Å².